The molecule has 0 atom stereocenters. The molecule has 1 heterocycles. The van der Waals surface area contributed by atoms with Crippen LogP contribution in [0, 0.1) is 5.41 Å². The zero-order chi connectivity index (χ0) is 11.9. The van der Waals surface area contributed by atoms with E-state index in [4.69, 9.17) is 0 Å². The number of carbonyl (C=O) groups excluding carboxylic acids is 2. The molecule has 0 aromatic heterocycles. The number of piperidine rings is 1. The van der Waals surface area contributed by atoms with Gasteiger partial charge in [0.2, 0.25) is 11.8 Å². The van der Waals surface area contributed by atoms with Crippen molar-refractivity contribution in [2.24, 2.45) is 5.41 Å². The molecule has 1 fully saturated rings. The molecular formula is C14H15NO2. The number of fused-ring (bicyclic) bond motifs is 1. The molecule has 1 spiro atoms. The summed E-state index contributed by atoms with van der Waals surface area (Å²) in [6, 6.07) is 8.35. The molecule has 2 aliphatic rings. The first kappa shape index (κ1) is 10.5. The highest BCUT2D eigenvalue weighted by molar-refractivity contribution is 5.98. The first-order chi connectivity index (χ1) is 8.17. The van der Waals surface area contributed by atoms with Gasteiger partial charge in [0.15, 0.2) is 0 Å². The molecule has 1 aliphatic heterocycles. The first-order valence-corrected chi connectivity index (χ1v) is 6.06. The molecule has 0 unspecified atom stereocenters. The van der Waals surface area contributed by atoms with Crippen molar-refractivity contribution in [3.8, 4) is 0 Å². The van der Waals surface area contributed by atoms with E-state index in [-0.39, 0.29) is 17.2 Å². The molecule has 0 saturated carbocycles. The van der Waals surface area contributed by atoms with Gasteiger partial charge in [-0.15, -0.1) is 0 Å². The molecular weight excluding hydrogens is 214 g/mol. The number of hydrogen-bond donors (Lipinski definition) is 1. The fraction of sp³-hybridized carbons (Fsp3) is 0.429. The second-order valence-electron chi connectivity index (χ2n) is 5.27. The van der Waals surface area contributed by atoms with Gasteiger partial charge in [-0.2, -0.15) is 0 Å². The van der Waals surface area contributed by atoms with Crippen LogP contribution in [0.2, 0.25) is 0 Å². The standard InChI is InChI=1S/C14H15NO2/c16-12-8-14(9-13(17)15-12)6-5-10-3-1-2-4-11(10)7-14/h1-4H,5-9H2,(H,15,16,17). The van der Waals surface area contributed by atoms with Crippen molar-refractivity contribution >= 4 is 11.8 Å². The van der Waals surface area contributed by atoms with Crippen LogP contribution in [0.3, 0.4) is 0 Å². The average Bonchev–Trinajstić information content (AvgIpc) is 2.27. The second kappa shape index (κ2) is 3.69. The minimum absolute atomic E-state index is 0.111. The lowest BCUT2D eigenvalue weighted by molar-refractivity contribution is -0.138. The molecule has 3 heteroatoms. The number of benzene rings is 1. The molecule has 1 N–H and O–H groups in total. The maximum atomic E-state index is 11.5. The van der Waals surface area contributed by atoms with E-state index in [0.717, 1.165) is 19.3 Å². The van der Waals surface area contributed by atoms with E-state index in [9.17, 15) is 9.59 Å². The maximum Gasteiger partial charge on any atom is 0.227 e. The third-order valence-corrected chi connectivity index (χ3v) is 3.96. The van der Waals surface area contributed by atoms with Crippen LogP contribution < -0.4 is 5.32 Å². The van der Waals surface area contributed by atoms with Gasteiger partial charge >= 0.3 is 0 Å². The summed E-state index contributed by atoms with van der Waals surface area (Å²) in [6.07, 6.45) is 3.78. The van der Waals surface area contributed by atoms with Crippen LogP contribution in [0.15, 0.2) is 24.3 Å². The Balaban J connectivity index is 1.92. The normalized spacial score (nSPS) is 22.1. The van der Waals surface area contributed by atoms with Crippen LogP contribution in [0.1, 0.15) is 30.4 Å². The lowest BCUT2D eigenvalue weighted by Crippen LogP contribution is -2.47. The minimum atomic E-state index is -0.117. The van der Waals surface area contributed by atoms with Crippen molar-refractivity contribution in [3.05, 3.63) is 35.4 Å². The fourth-order valence-corrected chi connectivity index (χ4v) is 3.16. The van der Waals surface area contributed by atoms with Crippen molar-refractivity contribution in [1.29, 1.82) is 0 Å². The van der Waals surface area contributed by atoms with Gasteiger partial charge < -0.3 is 0 Å². The monoisotopic (exact) mass is 229 g/mol. The van der Waals surface area contributed by atoms with Gasteiger partial charge in [-0.1, -0.05) is 24.3 Å². The van der Waals surface area contributed by atoms with Crippen LogP contribution in [-0.4, -0.2) is 11.8 Å². The quantitative estimate of drug-likeness (QED) is 0.687. The number of rotatable bonds is 0. The number of carbonyl (C=O) groups is 2. The van der Waals surface area contributed by atoms with E-state index in [0.29, 0.717) is 12.8 Å². The van der Waals surface area contributed by atoms with Crippen molar-refractivity contribution in [2.45, 2.75) is 32.1 Å². The van der Waals surface area contributed by atoms with Gasteiger partial charge in [0.25, 0.3) is 0 Å². The maximum absolute atomic E-state index is 11.5. The first-order valence-electron chi connectivity index (χ1n) is 6.06. The Morgan fingerprint density at radius 1 is 0.941 bits per heavy atom. The summed E-state index contributed by atoms with van der Waals surface area (Å²) < 4.78 is 0. The van der Waals surface area contributed by atoms with Gasteiger partial charge in [0, 0.05) is 12.8 Å². The summed E-state index contributed by atoms with van der Waals surface area (Å²) in [5.41, 5.74) is 2.56. The molecule has 17 heavy (non-hydrogen) atoms. The summed E-state index contributed by atoms with van der Waals surface area (Å²) in [5, 5.41) is 2.40. The molecule has 1 saturated heterocycles. The molecule has 1 aromatic carbocycles. The molecule has 1 aromatic rings. The average molecular weight is 229 g/mol. The SMILES string of the molecule is O=C1CC2(CCc3ccccc3C2)CC(=O)N1. The van der Waals surface area contributed by atoms with Crippen LogP contribution >= 0.6 is 0 Å². The van der Waals surface area contributed by atoms with Crippen LogP contribution in [-0.2, 0) is 22.4 Å². The second-order valence-corrected chi connectivity index (χ2v) is 5.27. The van der Waals surface area contributed by atoms with E-state index in [1.165, 1.54) is 11.1 Å². The Morgan fingerprint density at radius 3 is 2.29 bits per heavy atom. The topological polar surface area (TPSA) is 46.2 Å². The Bertz CT molecular complexity index is 477. The summed E-state index contributed by atoms with van der Waals surface area (Å²) in [7, 11) is 0. The highest BCUT2D eigenvalue weighted by Gasteiger charge is 2.41. The summed E-state index contributed by atoms with van der Waals surface area (Å²) in [5.74, 6) is -0.221. The van der Waals surface area contributed by atoms with Gasteiger partial charge in [-0.05, 0) is 35.8 Å². The number of imide groups is 1. The van der Waals surface area contributed by atoms with E-state index in [2.05, 4.69) is 23.5 Å². The predicted molar refractivity (Wildman–Crippen MR) is 63.3 cm³/mol. The summed E-state index contributed by atoms with van der Waals surface area (Å²) >= 11 is 0. The van der Waals surface area contributed by atoms with Gasteiger partial charge in [-0.25, -0.2) is 0 Å². The van der Waals surface area contributed by atoms with Crippen LogP contribution in [0.25, 0.3) is 0 Å². The van der Waals surface area contributed by atoms with E-state index < -0.39 is 0 Å². The molecule has 0 radical (unpaired) electrons. The highest BCUT2D eigenvalue weighted by Crippen LogP contribution is 2.42. The molecule has 1 aliphatic carbocycles. The Kier molecular flexibility index (Phi) is 2.28. The zero-order valence-corrected chi connectivity index (χ0v) is 9.66. The van der Waals surface area contributed by atoms with Crippen molar-refractivity contribution in [1.82, 2.24) is 5.32 Å². The predicted octanol–water partition coefficient (Wildman–Crippen LogP) is 1.60. The lowest BCUT2D eigenvalue weighted by atomic mass is 9.66. The smallest absolute Gasteiger partial charge is 0.227 e. The third-order valence-electron chi connectivity index (χ3n) is 3.96. The van der Waals surface area contributed by atoms with Crippen molar-refractivity contribution in [3.63, 3.8) is 0 Å². The largest absolute Gasteiger partial charge is 0.296 e. The van der Waals surface area contributed by atoms with Crippen molar-refractivity contribution < 1.29 is 9.59 Å². The molecule has 3 nitrogen and oxygen atoms in total. The van der Waals surface area contributed by atoms with Crippen molar-refractivity contribution in [2.75, 3.05) is 0 Å². The molecule has 0 bridgehead atoms. The Labute approximate surface area is 100 Å². The zero-order valence-electron chi connectivity index (χ0n) is 9.66. The fourth-order valence-electron chi connectivity index (χ4n) is 3.16. The van der Waals surface area contributed by atoms with Crippen LogP contribution in [0.5, 0.6) is 0 Å². The molecule has 3 rings (SSSR count). The van der Waals surface area contributed by atoms with Gasteiger partial charge in [0.1, 0.15) is 0 Å². The number of amides is 2. The molecule has 88 valence electrons. The van der Waals surface area contributed by atoms with Gasteiger partial charge in [-0.3, -0.25) is 14.9 Å². The minimum Gasteiger partial charge on any atom is -0.296 e. The summed E-state index contributed by atoms with van der Waals surface area (Å²) in [4.78, 5) is 23.1. The number of nitrogens with one attached hydrogen (secondary N) is 1. The highest BCUT2D eigenvalue weighted by atomic mass is 16.2. The Hall–Kier alpha value is -1.64. The Morgan fingerprint density at radius 2 is 1.59 bits per heavy atom. The van der Waals surface area contributed by atoms with E-state index in [1.807, 2.05) is 6.07 Å². The molecule has 2 amide bonds. The summed E-state index contributed by atoms with van der Waals surface area (Å²) in [6.45, 7) is 0. The third kappa shape index (κ3) is 1.86. The number of hydrogen-bond acceptors (Lipinski definition) is 2. The van der Waals surface area contributed by atoms with Crippen LogP contribution in [0.4, 0.5) is 0 Å². The number of aryl methyl sites for hydroxylation is 1. The lowest BCUT2D eigenvalue weighted by Gasteiger charge is -2.39. The van der Waals surface area contributed by atoms with Gasteiger partial charge in [0.05, 0.1) is 0 Å². The van der Waals surface area contributed by atoms with E-state index in [1.54, 1.807) is 0 Å². The van der Waals surface area contributed by atoms with E-state index >= 15 is 0 Å².